The number of nitrogens with one attached hydrogen (secondary N) is 1. The van der Waals surface area contributed by atoms with Crippen molar-refractivity contribution < 1.29 is 10.2 Å². The second-order valence-corrected chi connectivity index (χ2v) is 4.11. The Hall–Kier alpha value is -0.840. The maximum absolute atomic E-state index is 9.53. The molecule has 1 heterocycles. The number of aliphatic hydroxyl groups excluding tert-OH is 1. The first-order valence-corrected chi connectivity index (χ1v) is 5.26. The molecule has 0 amide bonds. The average molecular weight is 212 g/mol. The van der Waals surface area contributed by atoms with Crippen LogP contribution in [0, 0.1) is 0 Å². The highest BCUT2D eigenvalue weighted by molar-refractivity contribution is 5.09. The van der Waals surface area contributed by atoms with Crippen LogP contribution in [0.4, 0.5) is 0 Å². The summed E-state index contributed by atoms with van der Waals surface area (Å²) < 4.78 is 2.10. The lowest BCUT2D eigenvalue weighted by Crippen LogP contribution is -2.40. The molecule has 0 aliphatic rings. The van der Waals surface area contributed by atoms with Crippen LogP contribution >= 0.6 is 0 Å². The minimum Gasteiger partial charge on any atom is -0.393 e. The topological polar surface area (TPSA) is 57.4 Å². The van der Waals surface area contributed by atoms with E-state index in [2.05, 4.69) is 23.0 Å². The van der Waals surface area contributed by atoms with Crippen molar-refractivity contribution >= 4 is 0 Å². The van der Waals surface area contributed by atoms with E-state index >= 15 is 0 Å². The molecule has 15 heavy (non-hydrogen) atoms. The number of hydrogen-bond donors (Lipinski definition) is 3. The summed E-state index contributed by atoms with van der Waals surface area (Å²) in [4.78, 5) is 0. The van der Waals surface area contributed by atoms with Gasteiger partial charge in [-0.3, -0.25) is 0 Å². The van der Waals surface area contributed by atoms with Gasteiger partial charge in [0, 0.05) is 32.0 Å². The van der Waals surface area contributed by atoms with Crippen molar-refractivity contribution in [2.24, 2.45) is 0 Å². The molecule has 86 valence electrons. The normalized spacial score (nSPS) is 15.2. The van der Waals surface area contributed by atoms with Gasteiger partial charge in [0.15, 0.2) is 0 Å². The molecule has 1 aromatic heterocycles. The third-order valence-electron chi connectivity index (χ3n) is 2.35. The average Bonchev–Trinajstić information content (AvgIpc) is 2.66. The zero-order valence-electron chi connectivity index (χ0n) is 9.40. The van der Waals surface area contributed by atoms with E-state index < -0.39 is 5.60 Å². The highest BCUT2D eigenvalue weighted by Gasteiger charge is 2.17. The molecule has 0 saturated carbocycles. The van der Waals surface area contributed by atoms with Crippen LogP contribution in [0.3, 0.4) is 0 Å². The second kappa shape index (κ2) is 5.30. The highest BCUT2D eigenvalue weighted by atomic mass is 16.3. The predicted molar refractivity (Wildman–Crippen MR) is 59.5 cm³/mol. The van der Waals surface area contributed by atoms with Gasteiger partial charge in [0.2, 0.25) is 0 Å². The fraction of sp³-hybridized carbons (Fsp3) is 0.636. The van der Waals surface area contributed by atoms with Crippen LogP contribution in [0.5, 0.6) is 0 Å². The molecular weight excluding hydrogens is 192 g/mol. The number of aromatic nitrogens is 1. The Bertz CT molecular complexity index is 295. The van der Waals surface area contributed by atoms with Crippen molar-refractivity contribution in [2.45, 2.75) is 32.5 Å². The number of nitrogens with zero attached hydrogens (tertiary/aromatic N) is 1. The molecule has 0 aliphatic carbocycles. The Kier molecular flexibility index (Phi) is 4.32. The monoisotopic (exact) mass is 212 g/mol. The standard InChI is InChI=1S/C11H20N2O2/c1-3-13-5-4-10(7-13)6-12-8-11(2,15)9-14/h4-5,7,12,14-15H,3,6,8-9H2,1-2H3. The molecule has 4 heteroatoms. The van der Waals surface area contributed by atoms with Gasteiger partial charge in [-0.05, 0) is 25.5 Å². The van der Waals surface area contributed by atoms with Gasteiger partial charge in [0.25, 0.3) is 0 Å². The van der Waals surface area contributed by atoms with E-state index in [9.17, 15) is 5.11 Å². The fourth-order valence-corrected chi connectivity index (χ4v) is 1.32. The van der Waals surface area contributed by atoms with Gasteiger partial charge in [0.05, 0.1) is 12.2 Å². The van der Waals surface area contributed by atoms with Crippen molar-refractivity contribution in [3.63, 3.8) is 0 Å². The maximum atomic E-state index is 9.53. The van der Waals surface area contributed by atoms with E-state index in [1.807, 2.05) is 12.3 Å². The second-order valence-electron chi connectivity index (χ2n) is 4.11. The molecule has 1 atom stereocenters. The Balaban J connectivity index is 2.31. The van der Waals surface area contributed by atoms with Crippen LogP contribution < -0.4 is 5.32 Å². The molecule has 1 rings (SSSR count). The number of rotatable bonds is 6. The largest absolute Gasteiger partial charge is 0.393 e. The zero-order chi connectivity index (χ0) is 11.3. The van der Waals surface area contributed by atoms with Crippen LogP contribution in [0.1, 0.15) is 19.4 Å². The van der Waals surface area contributed by atoms with Crippen molar-refractivity contribution in [2.75, 3.05) is 13.2 Å². The lowest BCUT2D eigenvalue weighted by atomic mass is 10.1. The third-order valence-corrected chi connectivity index (χ3v) is 2.35. The van der Waals surface area contributed by atoms with E-state index in [0.29, 0.717) is 13.1 Å². The van der Waals surface area contributed by atoms with E-state index in [1.54, 1.807) is 6.92 Å². The first kappa shape index (κ1) is 12.2. The van der Waals surface area contributed by atoms with Crippen LogP contribution in [-0.4, -0.2) is 33.5 Å². The van der Waals surface area contributed by atoms with Crippen LogP contribution in [0.25, 0.3) is 0 Å². The van der Waals surface area contributed by atoms with Gasteiger partial charge in [-0.25, -0.2) is 0 Å². The molecule has 0 bridgehead atoms. The number of hydrogen-bond acceptors (Lipinski definition) is 3. The third kappa shape index (κ3) is 4.03. The van der Waals surface area contributed by atoms with Crippen LogP contribution in [0.2, 0.25) is 0 Å². The summed E-state index contributed by atoms with van der Waals surface area (Å²) in [6.45, 7) is 5.54. The van der Waals surface area contributed by atoms with Crippen LogP contribution in [-0.2, 0) is 13.1 Å². The molecule has 0 aliphatic heterocycles. The van der Waals surface area contributed by atoms with Gasteiger partial charge >= 0.3 is 0 Å². The van der Waals surface area contributed by atoms with Crippen molar-refractivity contribution in [1.29, 1.82) is 0 Å². The molecule has 4 nitrogen and oxygen atoms in total. The summed E-state index contributed by atoms with van der Waals surface area (Å²) in [6.07, 6.45) is 4.10. The smallest absolute Gasteiger partial charge is 0.0972 e. The van der Waals surface area contributed by atoms with Gasteiger partial charge < -0.3 is 20.1 Å². The van der Waals surface area contributed by atoms with E-state index in [1.165, 1.54) is 5.56 Å². The van der Waals surface area contributed by atoms with Crippen molar-refractivity contribution in [3.8, 4) is 0 Å². The summed E-state index contributed by atoms with van der Waals surface area (Å²) in [7, 11) is 0. The first-order valence-electron chi connectivity index (χ1n) is 5.26. The summed E-state index contributed by atoms with van der Waals surface area (Å²) in [6, 6.07) is 2.05. The van der Waals surface area contributed by atoms with Gasteiger partial charge in [-0.15, -0.1) is 0 Å². The minimum atomic E-state index is -1.03. The summed E-state index contributed by atoms with van der Waals surface area (Å²) in [5.74, 6) is 0. The van der Waals surface area contributed by atoms with Gasteiger partial charge in [0.1, 0.15) is 0 Å². The Morgan fingerprint density at radius 1 is 1.53 bits per heavy atom. The predicted octanol–water partition coefficient (Wildman–Crippen LogP) is 0.341. The number of aliphatic hydroxyl groups is 2. The van der Waals surface area contributed by atoms with E-state index in [-0.39, 0.29) is 6.61 Å². The molecule has 0 saturated heterocycles. The van der Waals surface area contributed by atoms with Crippen LogP contribution in [0.15, 0.2) is 18.5 Å². The summed E-state index contributed by atoms with van der Waals surface area (Å²) in [5.41, 5.74) is 0.151. The van der Waals surface area contributed by atoms with E-state index in [0.717, 1.165) is 6.54 Å². The summed E-state index contributed by atoms with van der Waals surface area (Å²) >= 11 is 0. The highest BCUT2D eigenvalue weighted by Crippen LogP contribution is 2.03. The molecule has 0 aromatic carbocycles. The first-order chi connectivity index (χ1) is 7.07. The van der Waals surface area contributed by atoms with Gasteiger partial charge in [-0.1, -0.05) is 0 Å². The lowest BCUT2D eigenvalue weighted by Gasteiger charge is -2.20. The van der Waals surface area contributed by atoms with Crippen molar-refractivity contribution in [3.05, 3.63) is 24.0 Å². The Morgan fingerprint density at radius 3 is 2.80 bits per heavy atom. The lowest BCUT2D eigenvalue weighted by molar-refractivity contribution is 0.00254. The minimum absolute atomic E-state index is 0.226. The molecule has 1 unspecified atom stereocenters. The molecule has 3 N–H and O–H groups in total. The van der Waals surface area contributed by atoms with Gasteiger partial charge in [-0.2, -0.15) is 0 Å². The Morgan fingerprint density at radius 2 is 2.27 bits per heavy atom. The number of aryl methyl sites for hydroxylation is 1. The molecular formula is C11H20N2O2. The SMILES string of the molecule is CCn1ccc(CNCC(C)(O)CO)c1. The quantitative estimate of drug-likeness (QED) is 0.637. The van der Waals surface area contributed by atoms with E-state index in [4.69, 9.17) is 5.11 Å². The van der Waals surface area contributed by atoms with Crippen molar-refractivity contribution in [1.82, 2.24) is 9.88 Å². The fourth-order valence-electron chi connectivity index (χ4n) is 1.32. The summed E-state index contributed by atoms with van der Waals surface area (Å²) in [5, 5.41) is 21.5. The molecule has 1 aromatic rings. The zero-order valence-corrected chi connectivity index (χ0v) is 9.40. The molecule has 0 radical (unpaired) electrons. The molecule has 0 fully saturated rings. The molecule has 0 spiro atoms. The maximum Gasteiger partial charge on any atom is 0.0972 e. The Labute approximate surface area is 90.5 Å².